The predicted molar refractivity (Wildman–Crippen MR) is 51.5 cm³/mol. The molecule has 0 aliphatic heterocycles. The zero-order valence-corrected chi connectivity index (χ0v) is 8.93. The average molecular weight is 240 g/mol. The van der Waals surface area contributed by atoms with Crippen LogP contribution in [0.4, 0.5) is 0 Å². The molecule has 0 atom stereocenters. The minimum atomic E-state index is -0.152. The first-order chi connectivity index (χ1) is 5.28. The van der Waals surface area contributed by atoms with Crippen molar-refractivity contribution in [3.8, 4) is 0 Å². The second kappa shape index (κ2) is 7.75. The third-order valence-corrected chi connectivity index (χ3v) is 2.45. The van der Waals surface area contributed by atoms with Crippen LogP contribution in [0.3, 0.4) is 0 Å². The molecule has 0 heterocycles. The van der Waals surface area contributed by atoms with E-state index in [2.05, 4.69) is 0 Å². The van der Waals surface area contributed by atoms with E-state index in [0.717, 1.165) is 0 Å². The molecule has 5 heteroatoms. The summed E-state index contributed by atoms with van der Waals surface area (Å²) < 4.78 is 5.32. The molecule has 0 saturated heterocycles. The summed E-state index contributed by atoms with van der Waals surface area (Å²) in [6, 6.07) is 0. The molecule has 0 amide bonds. The fourth-order valence-corrected chi connectivity index (χ4v) is 1.45. The van der Waals surface area contributed by atoms with Crippen LogP contribution in [0.5, 0.6) is 0 Å². The monoisotopic (exact) mass is 238 g/mol. The van der Waals surface area contributed by atoms with Gasteiger partial charge >= 0.3 is 0 Å². The predicted octanol–water partition coefficient (Wildman–Crippen LogP) is 2.70. The Morgan fingerprint density at radius 2 is 1.00 bits per heavy atom. The minimum Gasteiger partial charge on any atom is -0.370 e. The van der Waals surface area contributed by atoms with Gasteiger partial charge in [0.05, 0.1) is 12.2 Å². The third-order valence-electron chi connectivity index (χ3n) is 1.07. The third kappa shape index (κ3) is 5.37. The summed E-state index contributed by atoms with van der Waals surface area (Å²) in [5.41, 5.74) is 0. The fraction of sp³-hybridized carbons (Fsp3) is 1.00. The molecular formula is C6H10Cl4O. The number of alkyl halides is 4. The first-order valence-electron chi connectivity index (χ1n) is 3.17. The van der Waals surface area contributed by atoms with Crippen molar-refractivity contribution in [1.29, 1.82) is 0 Å². The van der Waals surface area contributed by atoms with Crippen LogP contribution in [-0.2, 0) is 4.74 Å². The van der Waals surface area contributed by atoms with E-state index < -0.39 is 0 Å². The maximum absolute atomic E-state index is 5.53. The van der Waals surface area contributed by atoms with Gasteiger partial charge in [0.15, 0.2) is 0 Å². The lowest BCUT2D eigenvalue weighted by Gasteiger charge is -2.17. The topological polar surface area (TPSA) is 9.23 Å². The zero-order chi connectivity index (χ0) is 8.69. The Morgan fingerprint density at radius 3 is 1.18 bits per heavy atom. The van der Waals surface area contributed by atoms with Crippen LogP contribution in [0.2, 0.25) is 0 Å². The molecule has 0 aromatic heterocycles. The van der Waals surface area contributed by atoms with Crippen LogP contribution in [0.15, 0.2) is 0 Å². The highest BCUT2D eigenvalue weighted by molar-refractivity contribution is 6.22. The molecule has 0 fully saturated rings. The van der Waals surface area contributed by atoms with Crippen LogP contribution in [-0.4, -0.2) is 35.7 Å². The zero-order valence-electron chi connectivity index (χ0n) is 5.90. The highest BCUT2D eigenvalue weighted by atomic mass is 35.5. The lowest BCUT2D eigenvalue weighted by atomic mass is 10.4. The molecule has 0 rings (SSSR count). The maximum atomic E-state index is 5.53. The van der Waals surface area contributed by atoms with Gasteiger partial charge in [0.2, 0.25) is 0 Å². The Kier molecular flexibility index (Phi) is 8.54. The normalized spacial score (nSPS) is 11.5. The largest absolute Gasteiger partial charge is 0.370 e. The van der Waals surface area contributed by atoms with Gasteiger partial charge in [-0.1, -0.05) is 0 Å². The first-order valence-corrected chi connectivity index (χ1v) is 5.31. The van der Waals surface area contributed by atoms with Gasteiger partial charge in [-0.3, -0.25) is 0 Å². The van der Waals surface area contributed by atoms with E-state index in [4.69, 9.17) is 51.1 Å². The van der Waals surface area contributed by atoms with Crippen molar-refractivity contribution in [2.45, 2.75) is 12.2 Å². The number of ether oxygens (including phenoxy) is 1. The van der Waals surface area contributed by atoms with Crippen molar-refractivity contribution in [3.63, 3.8) is 0 Å². The Hall–Kier alpha value is 1.12. The van der Waals surface area contributed by atoms with E-state index in [-0.39, 0.29) is 12.2 Å². The van der Waals surface area contributed by atoms with Crippen LogP contribution in [0, 0.1) is 0 Å². The summed E-state index contributed by atoms with van der Waals surface area (Å²) in [5.74, 6) is 1.48. The molecule has 0 bridgehead atoms. The Balaban J connectivity index is 3.58. The number of hydrogen-bond acceptors (Lipinski definition) is 1. The Bertz CT molecular complexity index is 72.7. The van der Waals surface area contributed by atoms with E-state index in [9.17, 15) is 0 Å². The summed E-state index contributed by atoms with van der Waals surface area (Å²) in [4.78, 5) is 0. The molecule has 0 spiro atoms. The van der Waals surface area contributed by atoms with Crippen LogP contribution < -0.4 is 0 Å². The van der Waals surface area contributed by atoms with Crippen molar-refractivity contribution in [2.75, 3.05) is 23.5 Å². The first kappa shape index (κ1) is 12.1. The fourth-order valence-electron chi connectivity index (χ4n) is 0.500. The average Bonchev–Trinajstić information content (AvgIpc) is 2.07. The van der Waals surface area contributed by atoms with E-state index in [1.54, 1.807) is 0 Å². The molecule has 0 radical (unpaired) electrons. The molecule has 0 aromatic rings. The Labute approximate surface area is 86.9 Å². The molecule has 0 aliphatic rings. The Morgan fingerprint density at radius 1 is 0.727 bits per heavy atom. The molecule has 11 heavy (non-hydrogen) atoms. The smallest absolute Gasteiger partial charge is 0.0850 e. The molecule has 0 aliphatic carbocycles. The second-order valence-corrected chi connectivity index (χ2v) is 3.23. The lowest BCUT2D eigenvalue weighted by Crippen LogP contribution is -2.27. The van der Waals surface area contributed by atoms with Gasteiger partial charge in [0.1, 0.15) is 0 Å². The van der Waals surface area contributed by atoms with Crippen molar-refractivity contribution in [2.24, 2.45) is 0 Å². The highest BCUT2D eigenvalue weighted by Gasteiger charge is 2.13. The molecular weight excluding hydrogens is 230 g/mol. The maximum Gasteiger partial charge on any atom is 0.0850 e. The molecule has 68 valence electrons. The van der Waals surface area contributed by atoms with Gasteiger partial charge in [-0.25, -0.2) is 0 Å². The van der Waals surface area contributed by atoms with Crippen molar-refractivity contribution >= 4 is 46.4 Å². The highest BCUT2D eigenvalue weighted by Crippen LogP contribution is 2.06. The van der Waals surface area contributed by atoms with Gasteiger partial charge in [-0.05, 0) is 0 Å². The molecule has 0 unspecified atom stereocenters. The minimum absolute atomic E-state index is 0.152. The summed E-state index contributed by atoms with van der Waals surface area (Å²) >= 11 is 22.1. The van der Waals surface area contributed by atoms with Gasteiger partial charge < -0.3 is 4.74 Å². The van der Waals surface area contributed by atoms with E-state index >= 15 is 0 Å². The molecule has 1 nitrogen and oxygen atoms in total. The SMILES string of the molecule is ClCC(CCl)OC(CCl)CCl. The van der Waals surface area contributed by atoms with Crippen molar-refractivity contribution in [3.05, 3.63) is 0 Å². The summed E-state index contributed by atoms with van der Waals surface area (Å²) in [6.45, 7) is 0. The standard InChI is InChI=1S/C6H10Cl4O/c7-1-5(2-8)11-6(3-9)4-10/h5-6H,1-4H2. The lowest BCUT2D eigenvalue weighted by molar-refractivity contribution is 0.0378. The van der Waals surface area contributed by atoms with Crippen LogP contribution >= 0.6 is 46.4 Å². The van der Waals surface area contributed by atoms with Crippen molar-refractivity contribution < 1.29 is 4.74 Å². The second-order valence-electron chi connectivity index (χ2n) is 2.00. The molecule has 0 N–H and O–H groups in total. The number of rotatable bonds is 6. The van der Waals surface area contributed by atoms with E-state index in [0.29, 0.717) is 23.5 Å². The molecule has 0 aromatic carbocycles. The van der Waals surface area contributed by atoms with Gasteiger partial charge in [-0.2, -0.15) is 0 Å². The summed E-state index contributed by atoms with van der Waals surface area (Å²) in [5, 5.41) is 0. The van der Waals surface area contributed by atoms with Gasteiger partial charge in [0.25, 0.3) is 0 Å². The van der Waals surface area contributed by atoms with Gasteiger partial charge in [-0.15, -0.1) is 46.4 Å². The molecule has 0 saturated carbocycles. The quantitative estimate of drug-likeness (QED) is 0.648. The van der Waals surface area contributed by atoms with E-state index in [1.807, 2.05) is 0 Å². The summed E-state index contributed by atoms with van der Waals surface area (Å²) in [7, 11) is 0. The number of halogens is 4. The van der Waals surface area contributed by atoms with Crippen LogP contribution in [0.25, 0.3) is 0 Å². The van der Waals surface area contributed by atoms with E-state index in [1.165, 1.54) is 0 Å². The number of hydrogen-bond donors (Lipinski definition) is 0. The van der Waals surface area contributed by atoms with Crippen molar-refractivity contribution in [1.82, 2.24) is 0 Å². The van der Waals surface area contributed by atoms with Crippen LogP contribution in [0.1, 0.15) is 0 Å². The summed E-state index contributed by atoms with van der Waals surface area (Å²) in [6.07, 6.45) is -0.304. The van der Waals surface area contributed by atoms with Gasteiger partial charge in [0, 0.05) is 23.5 Å².